The number of carbonyl (C=O) groups excluding carboxylic acids is 1. The number of halogens is 1. The van der Waals surface area contributed by atoms with Crippen LogP contribution in [0.2, 0.25) is 5.15 Å². The summed E-state index contributed by atoms with van der Waals surface area (Å²) < 4.78 is 0. The van der Waals surface area contributed by atoms with Crippen LogP contribution in [0.1, 0.15) is 75.1 Å². The van der Waals surface area contributed by atoms with E-state index in [0.29, 0.717) is 21.9 Å². The second-order valence-electron chi connectivity index (χ2n) is 7.81. The molecule has 1 heterocycles. The SMILES string of the molecule is CC[C@]1(O)CCC(C/C=C\NC(=O)c2ccc(Cl)nc2SC2CCCC2)C1. The third-order valence-corrected chi connectivity index (χ3v) is 7.35. The summed E-state index contributed by atoms with van der Waals surface area (Å²) in [7, 11) is 0. The number of thioether (sulfide) groups is 1. The largest absolute Gasteiger partial charge is 0.390 e. The zero-order valence-electron chi connectivity index (χ0n) is 15.9. The van der Waals surface area contributed by atoms with E-state index in [-0.39, 0.29) is 5.91 Å². The van der Waals surface area contributed by atoms with Gasteiger partial charge in [0.25, 0.3) is 5.91 Å². The molecule has 6 heteroatoms. The van der Waals surface area contributed by atoms with Crippen LogP contribution in [0.4, 0.5) is 0 Å². The third-order valence-electron chi connectivity index (χ3n) is 5.80. The van der Waals surface area contributed by atoms with E-state index >= 15 is 0 Å². The molecule has 0 bridgehead atoms. The van der Waals surface area contributed by atoms with E-state index in [1.807, 2.05) is 13.0 Å². The molecule has 1 aromatic rings. The quantitative estimate of drug-likeness (QED) is 0.597. The lowest BCUT2D eigenvalue weighted by Gasteiger charge is -2.19. The van der Waals surface area contributed by atoms with Gasteiger partial charge in [-0.2, -0.15) is 0 Å². The van der Waals surface area contributed by atoms with Crippen LogP contribution in [0.5, 0.6) is 0 Å². The summed E-state index contributed by atoms with van der Waals surface area (Å²) in [6, 6.07) is 3.43. The molecule has 3 rings (SSSR count). The second kappa shape index (κ2) is 9.44. The smallest absolute Gasteiger partial charge is 0.257 e. The molecule has 0 saturated heterocycles. The summed E-state index contributed by atoms with van der Waals surface area (Å²) in [6.45, 7) is 2.04. The number of allylic oxidation sites excluding steroid dienone is 1. The molecule has 2 fully saturated rings. The first kappa shape index (κ1) is 20.7. The van der Waals surface area contributed by atoms with Gasteiger partial charge < -0.3 is 10.4 Å². The Morgan fingerprint density at radius 1 is 1.41 bits per heavy atom. The molecule has 2 atom stereocenters. The van der Waals surface area contributed by atoms with Crippen molar-refractivity contribution in [1.82, 2.24) is 10.3 Å². The molecule has 0 aromatic carbocycles. The summed E-state index contributed by atoms with van der Waals surface area (Å²) in [5, 5.41) is 14.9. The third kappa shape index (κ3) is 5.72. The zero-order valence-corrected chi connectivity index (χ0v) is 17.5. The Morgan fingerprint density at radius 3 is 2.89 bits per heavy atom. The van der Waals surface area contributed by atoms with E-state index in [4.69, 9.17) is 11.6 Å². The van der Waals surface area contributed by atoms with Crippen molar-refractivity contribution >= 4 is 29.3 Å². The highest BCUT2D eigenvalue weighted by Crippen LogP contribution is 2.38. The van der Waals surface area contributed by atoms with Gasteiger partial charge in [0.1, 0.15) is 10.2 Å². The first-order valence-electron chi connectivity index (χ1n) is 10.0. The predicted molar refractivity (Wildman–Crippen MR) is 111 cm³/mol. The number of carbonyl (C=O) groups is 1. The number of hydrogen-bond acceptors (Lipinski definition) is 4. The molecule has 0 spiro atoms. The maximum absolute atomic E-state index is 12.6. The Hall–Kier alpha value is -1.04. The lowest BCUT2D eigenvalue weighted by molar-refractivity contribution is 0.0397. The summed E-state index contributed by atoms with van der Waals surface area (Å²) in [4.78, 5) is 17.0. The Balaban J connectivity index is 1.54. The van der Waals surface area contributed by atoms with Crippen LogP contribution in [0.15, 0.2) is 29.4 Å². The molecule has 0 radical (unpaired) electrons. The van der Waals surface area contributed by atoms with Crippen LogP contribution in [-0.4, -0.2) is 26.8 Å². The van der Waals surface area contributed by atoms with Crippen LogP contribution in [-0.2, 0) is 0 Å². The van der Waals surface area contributed by atoms with Crippen molar-refractivity contribution in [2.45, 2.75) is 80.6 Å². The number of nitrogens with zero attached hydrogens (tertiary/aromatic N) is 1. The minimum Gasteiger partial charge on any atom is -0.390 e. The van der Waals surface area contributed by atoms with Gasteiger partial charge in [-0.1, -0.05) is 37.4 Å². The maximum atomic E-state index is 12.6. The summed E-state index contributed by atoms with van der Waals surface area (Å²) in [5.74, 6) is 0.348. The van der Waals surface area contributed by atoms with Crippen molar-refractivity contribution < 1.29 is 9.90 Å². The minimum atomic E-state index is -0.483. The van der Waals surface area contributed by atoms with Gasteiger partial charge in [-0.05, 0) is 63.0 Å². The van der Waals surface area contributed by atoms with Crippen molar-refractivity contribution in [3.05, 3.63) is 35.1 Å². The molecule has 1 amide bonds. The second-order valence-corrected chi connectivity index (χ2v) is 9.49. The van der Waals surface area contributed by atoms with Gasteiger partial charge in [0.15, 0.2) is 0 Å². The van der Waals surface area contributed by atoms with Crippen molar-refractivity contribution in [3.63, 3.8) is 0 Å². The van der Waals surface area contributed by atoms with Crippen LogP contribution < -0.4 is 5.32 Å². The lowest BCUT2D eigenvalue weighted by atomic mass is 9.96. The first-order chi connectivity index (χ1) is 13.0. The maximum Gasteiger partial charge on any atom is 0.257 e. The fraction of sp³-hybridized carbons (Fsp3) is 0.619. The monoisotopic (exact) mass is 408 g/mol. The molecule has 4 nitrogen and oxygen atoms in total. The standard InChI is InChI=1S/C21H29ClN2O2S/c1-2-21(26)12-11-15(14-21)6-5-13-23-19(25)17-9-10-18(22)24-20(17)27-16-7-3-4-8-16/h5,9-10,13,15-16,26H,2-4,6-8,11-12,14H2,1H3,(H,23,25)/b13-5-/t15?,21-/m0/s1. The molecule has 1 aromatic heterocycles. The van der Waals surface area contributed by atoms with Crippen LogP contribution >= 0.6 is 23.4 Å². The fourth-order valence-corrected chi connectivity index (χ4v) is 5.58. The van der Waals surface area contributed by atoms with Gasteiger partial charge in [-0.25, -0.2) is 4.98 Å². The Labute approximate surface area is 171 Å². The van der Waals surface area contributed by atoms with Crippen LogP contribution in [0.3, 0.4) is 0 Å². The Morgan fingerprint density at radius 2 is 2.19 bits per heavy atom. The topological polar surface area (TPSA) is 62.2 Å². The van der Waals surface area contributed by atoms with Gasteiger partial charge >= 0.3 is 0 Å². The molecular formula is C21H29ClN2O2S. The van der Waals surface area contributed by atoms with E-state index < -0.39 is 5.60 Å². The average molecular weight is 409 g/mol. The van der Waals surface area contributed by atoms with E-state index in [9.17, 15) is 9.90 Å². The molecule has 27 heavy (non-hydrogen) atoms. The molecule has 148 valence electrons. The van der Waals surface area contributed by atoms with Crippen LogP contribution in [0, 0.1) is 5.92 Å². The molecular weight excluding hydrogens is 380 g/mol. The van der Waals surface area contributed by atoms with Crippen molar-refractivity contribution in [2.24, 2.45) is 5.92 Å². The van der Waals surface area contributed by atoms with Crippen LogP contribution in [0.25, 0.3) is 0 Å². The van der Waals surface area contributed by atoms with Gasteiger partial charge in [-0.3, -0.25) is 4.79 Å². The molecule has 2 saturated carbocycles. The lowest BCUT2D eigenvalue weighted by Crippen LogP contribution is -2.23. The van der Waals surface area contributed by atoms with Gasteiger partial charge in [-0.15, -0.1) is 11.8 Å². The molecule has 2 N–H and O–H groups in total. The molecule has 2 aliphatic carbocycles. The zero-order chi connectivity index (χ0) is 19.3. The Bertz CT molecular complexity index is 691. The highest BCUT2D eigenvalue weighted by atomic mass is 35.5. The highest BCUT2D eigenvalue weighted by Gasteiger charge is 2.34. The highest BCUT2D eigenvalue weighted by molar-refractivity contribution is 7.99. The number of nitrogens with one attached hydrogen (secondary N) is 1. The van der Waals surface area contributed by atoms with E-state index in [0.717, 1.165) is 37.1 Å². The van der Waals surface area contributed by atoms with Crippen molar-refractivity contribution in [2.75, 3.05) is 0 Å². The minimum absolute atomic E-state index is 0.146. The van der Waals surface area contributed by atoms with E-state index in [1.54, 1.807) is 30.1 Å². The number of aliphatic hydroxyl groups is 1. The van der Waals surface area contributed by atoms with E-state index in [2.05, 4.69) is 10.3 Å². The predicted octanol–water partition coefficient (Wildman–Crippen LogP) is 5.34. The Kier molecular flexibility index (Phi) is 7.23. The van der Waals surface area contributed by atoms with Crippen molar-refractivity contribution in [1.29, 1.82) is 0 Å². The fourth-order valence-electron chi connectivity index (χ4n) is 4.05. The first-order valence-corrected chi connectivity index (χ1v) is 11.3. The number of pyridine rings is 1. The summed E-state index contributed by atoms with van der Waals surface area (Å²) in [5.41, 5.74) is 0.102. The summed E-state index contributed by atoms with van der Waals surface area (Å²) >= 11 is 7.72. The number of hydrogen-bond donors (Lipinski definition) is 2. The van der Waals surface area contributed by atoms with Crippen molar-refractivity contribution in [3.8, 4) is 0 Å². The number of rotatable bonds is 7. The van der Waals surface area contributed by atoms with Gasteiger partial charge in [0.2, 0.25) is 0 Å². The normalized spacial score (nSPS) is 26.1. The average Bonchev–Trinajstić information content (AvgIpc) is 3.29. The number of aromatic nitrogens is 1. The molecule has 1 unspecified atom stereocenters. The van der Waals surface area contributed by atoms with E-state index in [1.165, 1.54) is 25.7 Å². The number of amides is 1. The van der Waals surface area contributed by atoms with Gasteiger partial charge in [0.05, 0.1) is 11.2 Å². The summed E-state index contributed by atoms with van der Waals surface area (Å²) in [6.07, 6.45) is 13.0. The van der Waals surface area contributed by atoms with Gasteiger partial charge in [0, 0.05) is 11.4 Å². The molecule has 2 aliphatic rings. The molecule has 0 aliphatic heterocycles.